The molecule has 2 heterocycles. The van der Waals surface area contributed by atoms with Crippen LogP contribution in [0.25, 0.3) is 11.0 Å². The van der Waals surface area contributed by atoms with Crippen LogP contribution in [0.2, 0.25) is 0 Å². The fourth-order valence-corrected chi connectivity index (χ4v) is 6.28. The van der Waals surface area contributed by atoms with Crippen molar-refractivity contribution in [1.82, 2.24) is 4.31 Å². The van der Waals surface area contributed by atoms with Gasteiger partial charge in [0.2, 0.25) is 10.0 Å². The van der Waals surface area contributed by atoms with Crippen LogP contribution in [0.4, 0.5) is 5.69 Å². The van der Waals surface area contributed by atoms with Crippen LogP contribution in [0.15, 0.2) is 56.6 Å². The molecule has 1 aliphatic heterocycles. The first-order chi connectivity index (χ1) is 15.7. The maximum Gasteiger partial charge on any atom is 0.291 e. The minimum atomic E-state index is -3.60. The molecule has 2 aromatic carbocycles. The smallest absolute Gasteiger partial charge is 0.291 e. The summed E-state index contributed by atoms with van der Waals surface area (Å²) in [5, 5.41) is 3.13. The van der Waals surface area contributed by atoms with Crippen LogP contribution in [0.5, 0.6) is 0 Å². The summed E-state index contributed by atoms with van der Waals surface area (Å²) in [4.78, 5) is 25.5. The predicted octanol–water partition coefficient (Wildman–Crippen LogP) is 4.62. The average Bonchev–Trinajstić information content (AvgIpc) is 2.78. The van der Waals surface area contributed by atoms with Gasteiger partial charge in [-0.3, -0.25) is 9.59 Å². The highest BCUT2D eigenvalue weighted by atomic mass is 32.2. The van der Waals surface area contributed by atoms with Crippen LogP contribution in [-0.4, -0.2) is 31.2 Å². The average molecular weight is 469 g/mol. The van der Waals surface area contributed by atoms with Crippen molar-refractivity contribution in [2.24, 2.45) is 0 Å². The van der Waals surface area contributed by atoms with E-state index in [0.29, 0.717) is 23.2 Å². The number of aryl methyl sites for hydroxylation is 2. The summed E-state index contributed by atoms with van der Waals surface area (Å²) < 4.78 is 33.5. The minimum absolute atomic E-state index is 0.0196. The van der Waals surface area contributed by atoms with Crippen LogP contribution in [0, 0.1) is 13.8 Å². The first-order valence-corrected chi connectivity index (χ1v) is 12.6. The summed E-state index contributed by atoms with van der Waals surface area (Å²) in [6.45, 7) is 6.25. The molecule has 0 unspecified atom stereocenters. The number of anilines is 1. The number of rotatable bonds is 5. The standard InChI is InChI=1S/C25H28N2O5S/c1-4-19-7-5-6-12-27(19)33(30,31)20-10-8-18(9-11-20)26-25(29)23-15-21(28)24-17(3)13-16(2)14-22(24)32-23/h8-11,13-15,19H,4-7,12H2,1-3H3,(H,26,29)/t19-/m0/s1. The molecule has 1 aromatic heterocycles. The van der Waals surface area contributed by atoms with Crippen LogP contribution in [-0.2, 0) is 10.0 Å². The fraction of sp³-hybridized carbons (Fsp3) is 0.360. The van der Waals surface area contributed by atoms with Gasteiger partial charge in [0.15, 0.2) is 11.2 Å². The molecule has 3 aromatic rings. The molecular weight excluding hydrogens is 440 g/mol. The van der Waals surface area contributed by atoms with Gasteiger partial charge < -0.3 is 9.73 Å². The van der Waals surface area contributed by atoms with E-state index >= 15 is 0 Å². The molecular formula is C25H28N2O5S. The number of hydrogen-bond donors (Lipinski definition) is 1. The number of sulfonamides is 1. The topological polar surface area (TPSA) is 96.7 Å². The number of carbonyl (C=O) groups is 1. The van der Waals surface area contributed by atoms with E-state index in [1.54, 1.807) is 22.5 Å². The number of carbonyl (C=O) groups excluding carboxylic acids is 1. The van der Waals surface area contributed by atoms with Gasteiger partial charge in [0.05, 0.1) is 10.3 Å². The number of amides is 1. The van der Waals surface area contributed by atoms with Crippen molar-refractivity contribution in [2.45, 2.75) is 57.4 Å². The molecule has 1 aliphatic rings. The van der Waals surface area contributed by atoms with Crippen LogP contribution < -0.4 is 10.7 Å². The van der Waals surface area contributed by atoms with E-state index in [0.717, 1.165) is 36.8 Å². The van der Waals surface area contributed by atoms with Crippen molar-refractivity contribution in [1.29, 1.82) is 0 Å². The first kappa shape index (κ1) is 23.2. The third-order valence-electron chi connectivity index (χ3n) is 6.16. The van der Waals surface area contributed by atoms with Gasteiger partial charge in [-0.25, -0.2) is 8.42 Å². The number of nitrogens with zero attached hydrogens (tertiary/aromatic N) is 1. The highest BCUT2D eigenvalue weighted by molar-refractivity contribution is 7.89. The highest BCUT2D eigenvalue weighted by Crippen LogP contribution is 2.28. The number of benzene rings is 2. The monoisotopic (exact) mass is 468 g/mol. The Kier molecular flexibility index (Phi) is 6.41. The van der Waals surface area contributed by atoms with Gasteiger partial charge in [0, 0.05) is 24.3 Å². The molecule has 0 spiro atoms. The zero-order valence-corrected chi connectivity index (χ0v) is 19.9. The molecule has 1 fully saturated rings. The number of nitrogens with one attached hydrogen (secondary N) is 1. The largest absolute Gasteiger partial charge is 0.451 e. The highest BCUT2D eigenvalue weighted by Gasteiger charge is 2.32. The summed E-state index contributed by atoms with van der Waals surface area (Å²) in [7, 11) is -3.60. The zero-order valence-electron chi connectivity index (χ0n) is 19.1. The van der Waals surface area contributed by atoms with E-state index in [1.165, 1.54) is 18.2 Å². The van der Waals surface area contributed by atoms with Gasteiger partial charge in [-0.05, 0) is 74.6 Å². The Balaban J connectivity index is 1.56. The molecule has 7 nitrogen and oxygen atoms in total. The quantitative estimate of drug-likeness (QED) is 0.590. The third kappa shape index (κ3) is 4.58. The second-order valence-electron chi connectivity index (χ2n) is 8.58. The Morgan fingerprint density at radius 1 is 1.12 bits per heavy atom. The van der Waals surface area contributed by atoms with Crippen molar-refractivity contribution >= 4 is 32.6 Å². The van der Waals surface area contributed by atoms with E-state index < -0.39 is 15.9 Å². The van der Waals surface area contributed by atoms with Gasteiger partial charge in [-0.15, -0.1) is 0 Å². The summed E-state index contributed by atoms with van der Waals surface area (Å²) in [6, 6.07) is 10.9. The summed E-state index contributed by atoms with van der Waals surface area (Å²) in [5.41, 5.74) is 2.21. The number of fused-ring (bicyclic) bond motifs is 1. The normalized spacial score (nSPS) is 17.2. The van der Waals surface area contributed by atoms with Crippen LogP contribution >= 0.6 is 0 Å². The molecule has 1 amide bonds. The SMILES string of the molecule is CC[C@H]1CCCCN1S(=O)(=O)c1ccc(NC(=O)c2cc(=O)c3c(C)cc(C)cc3o2)cc1. The van der Waals surface area contributed by atoms with E-state index in [1.807, 2.05) is 26.8 Å². The molecule has 0 bridgehead atoms. The first-order valence-electron chi connectivity index (χ1n) is 11.2. The molecule has 33 heavy (non-hydrogen) atoms. The number of hydrogen-bond acceptors (Lipinski definition) is 5. The van der Waals surface area contributed by atoms with E-state index in [2.05, 4.69) is 5.32 Å². The Bertz CT molecular complexity index is 1360. The predicted molar refractivity (Wildman–Crippen MR) is 128 cm³/mol. The van der Waals surface area contributed by atoms with Crippen molar-refractivity contribution in [2.75, 3.05) is 11.9 Å². The molecule has 4 rings (SSSR count). The van der Waals surface area contributed by atoms with Crippen molar-refractivity contribution in [3.05, 3.63) is 69.6 Å². The fourth-order valence-electron chi connectivity index (χ4n) is 4.51. The van der Waals surface area contributed by atoms with Crippen LogP contribution in [0.1, 0.15) is 54.3 Å². The third-order valence-corrected chi connectivity index (χ3v) is 8.13. The minimum Gasteiger partial charge on any atom is -0.451 e. The lowest BCUT2D eigenvalue weighted by Crippen LogP contribution is -2.43. The lowest BCUT2D eigenvalue weighted by molar-refractivity contribution is 0.0997. The second kappa shape index (κ2) is 9.11. The Hall–Kier alpha value is -2.97. The second-order valence-corrected chi connectivity index (χ2v) is 10.5. The van der Waals surface area contributed by atoms with Crippen molar-refractivity contribution < 1.29 is 17.6 Å². The molecule has 1 atom stereocenters. The van der Waals surface area contributed by atoms with Crippen LogP contribution in [0.3, 0.4) is 0 Å². The number of piperidine rings is 1. The Morgan fingerprint density at radius 3 is 2.55 bits per heavy atom. The van der Waals surface area contributed by atoms with E-state index in [-0.39, 0.29) is 22.1 Å². The molecule has 0 radical (unpaired) electrons. The molecule has 1 N–H and O–H groups in total. The van der Waals surface area contributed by atoms with Crippen molar-refractivity contribution in [3.63, 3.8) is 0 Å². The maximum atomic E-state index is 13.1. The molecule has 0 aliphatic carbocycles. The van der Waals surface area contributed by atoms with Gasteiger partial charge in [0.25, 0.3) is 5.91 Å². The molecule has 1 saturated heterocycles. The maximum absolute atomic E-state index is 13.1. The molecule has 8 heteroatoms. The van der Waals surface area contributed by atoms with Crippen molar-refractivity contribution in [3.8, 4) is 0 Å². The lowest BCUT2D eigenvalue weighted by atomic mass is 10.0. The lowest BCUT2D eigenvalue weighted by Gasteiger charge is -2.34. The summed E-state index contributed by atoms with van der Waals surface area (Å²) >= 11 is 0. The van der Waals surface area contributed by atoms with E-state index in [9.17, 15) is 18.0 Å². The summed E-state index contributed by atoms with van der Waals surface area (Å²) in [5.74, 6) is -0.681. The molecule has 174 valence electrons. The zero-order chi connectivity index (χ0) is 23.8. The van der Waals surface area contributed by atoms with E-state index in [4.69, 9.17) is 4.42 Å². The Morgan fingerprint density at radius 2 is 1.85 bits per heavy atom. The van der Waals surface area contributed by atoms with Gasteiger partial charge in [-0.2, -0.15) is 4.31 Å². The van der Waals surface area contributed by atoms with Gasteiger partial charge >= 0.3 is 0 Å². The summed E-state index contributed by atoms with van der Waals surface area (Å²) in [6.07, 6.45) is 3.56. The van der Waals surface area contributed by atoms with Gasteiger partial charge in [0.1, 0.15) is 5.58 Å². The molecule has 0 saturated carbocycles. The van der Waals surface area contributed by atoms with Gasteiger partial charge in [-0.1, -0.05) is 19.4 Å². The Labute approximate surface area is 193 Å².